The molecule has 1 aliphatic rings. The Morgan fingerprint density at radius 2 is 2.03 bits per heavy atom. The highest BCUT2D eigenvalue weighted by Gasteiger charge is 2.20. The number of anilines is 1. The lowest BCUT2D eigenvalue weighted by atomic mass is 9.96. The maximum absolute atomic E-state index is 14.8. The van der Waals surface area contributed by atoms with Crippen LogP contribution in [0.2, 0.25) is 0 Å². The van der Waals surface area contributed by atoms with E-state index < -0.39 is 11.7 Å². The number of hydrogen-bond acceptors (Lipinski definition) is 6. The van der Waals surface area contributed by atoms with Crippen LogP contribution in [0.3, 0.4) is 0 Å². The molecule has 1 saturated heterocycles. The van der Waals surface area contributed by atoms with Gasteiger partial charge in [0.1, 0.15) is 17.3 Å². The normalized spacial score (nSPS) is 14.4. The van der Waals surface area contributed by atoms with Crippen LogP contribution in [0.5, 0.6) is 0 Å². The van der Waals surface area contributed by atoms with E-state index in [0.717, 1.165) is 24.2 Å². The van der Waals surface area contributed by atoms with Crippen molar-refractivity contribution in [1.82, 2.24) is 20.3 Å². The summed E-state index contributed by atoms with van der Waals surface area (Å²) in [6.45, 7) is 3.45. The Balaban J connectivity index is 1.52. The van der Waals surface area contributed by atoms with Gasteiger partial charge in [-0.1, -0.05) is 12.1 Å². The van der Waals surface area contributed by atoms with Crippen molar-refractivity contribution in [2.45, 2.75) is 32.2 Å². The largest absolute Gasteiger partial charge is 0.382 e. The molecule has 1 fully saturated rings. The van der Waals surface area contributed by atoms with Gasteiger partial charge in [0.2, 0.25) is 0 Å². The molecule has 8 heteroatoms. The molecule has 0 unspecified atom stereocenters. The summed E-state index contributed by atoms with van der Waals surface area (Å²) in [6, 6.07) is 9.88. The topological polar surface area (TPSA) is 103 Å². The lowest BCUT2D eigenvalue weighted by Crippen LogP contribution is -2.24. The molecule has 0 aliphatic carbocycles. The number of carbonyl (C=O) groups is 1. The van der Waals surface area contributed by atoms with Gasteiger partial charge in [-0.05, 0) is 44.0 Å². The van der Waals surface area contributed by atoms with Crippen molar-refractivity contribution < 1.29 is 13.9 Å². The molecule has 1 aliphatic heterocycles. The third kappa shape index (κ3) is 4.86. The number of hydrogen-bond donors (Lipinski definition) is 2. The van der Waals surface area contributed by atoms with Gasteiger partial charge in [0, 0.05) is 30.4 Å². The molecule has 31 heavy (non-hydrogen) atoms. The summed E-state index contributed by atoms with van der Waals surface area (Å²) in [7, 11) is 0. The summed E-state index contributed by atoms with van der Waals surface area (Å²) in [4.78, 5) is 25.7. The molecular weight excluding hydrogens is 397 g/mol. The van der Waals surface area contributed by atoms with Crippen LogP contribution in [-0.2, 0) is 11.3 Å². The van der Waals surface area contributed by atoms with Crippen LogP contribution in [0, 0.1) is 12.7 Å². The van der Waals surface area contributed by atoms with Gasteiger partial charge in [0.05, 0.1) is 29.7 Å². The molecule has 7 nitrogen and oxygen atoms in total. The van der Waals surface area contributed by atoms with E-state index >= 15 is 0 Å². The smallest absolute Gasteiger partial charge is 0.254 e. The fraction of sp³-hybridized carbons (Fsp3) is 0.304. The van der Waals surface area contributed by atoms with Gasteiger partial charge in [-0.15, -0.1) is 0 Å². The number of aryl methyl sites for hydroxylation is 1. The molecule has 1 amide bonds. The Labute approximate surface area is 179 Å². The Morgan fingerprint density at radius 3 is 2.77 bits per heavy atom. The van der Waals surface area contributed by atoms with Crippen molar-refractivity contribution >= 4 is 11.7 Å². The Morgan fingerprint density at radius 1 is 1.23 bits per heavy atom. The SMILES string of the molecule is Cc1cccc(CNC(=O)c2ccc(-c3nc(C4CCOCC4)cnc3N)cc2F)n1. The van der Waals surface area contributed by atoms with E-state index in [1.165, 1.54) is 12.1 Å². The molecular formula is C23H24FN5O2. The number of rotatable bonds is 5. The van der Waals surface area contributed by atoms with Crippen LogP contribution in [0.25, 0.3) is 11.3 Å². The van der Waals surface area contributed by atoms with E-state index in [9.17, 15) is 9.18 Å². The van der Waals surface area contributed by atoms with Gasteiger partial charge < -0.3 is 15.8 Å². The van der Waals surface area contributed by atoms with Crippen LogP contribution in [0.15, 0.2) is 42.6 Å². The van der Waals surface area contributed by atoms with Gasteiger partial charge in [0.25, 0.3) is 5.91 Å². The lowest BCUT2D eigenvalue weighted by Gasteiger charge is -2.21. The van der Waals surface area contributed by atoms with Gasteiger partial charge in [0.15, 0.2) is 0 Å². The number of benzene rings is 1. The van der Waals surface area contributed by atoms with Crippen LogP contribution in [0.4, 0.5) is 10.2 Å². The average molecular weight is 421 g/mol. The van der Waals surface area contributed by atoms with E-state index in [1.54, 1.807) is 18.3 Å². The molecule has 3 N–H and O–H groups in total. The third-order valence-corrected chi connectivity index (χ3v) is 5.32. The van der Waals surface area contributed by atoms with E-state index in [0.29, 0.717) is 30.2 Å². The standard InChI is InChI=1S/C23H24FN5O2/c1-14-3-2-4-17(28-14)12-27-23(30)18-6-5-16(11-19(18)24)21-22(25)26-13-20(29-21)15-7-9-31-10-8-15/h2-6,11,13,15H,7-10,12H2,1H3,(H2,25,26)(H,27,30). The van der Waals surface area contributed by atoms with E-state index in [2.05, 4.69) is 20.3 Å². The van der Waals surface area contributed by atoms with Crippen molar-refractivity contribution in [3.8, 4) is 11.3 Å². The fourth-order valence-electron chi connectivity index (χ4n) is 3.63. The second-order valence-corrected chi connectivity index (χ2v) is 7.56. The second kappa shape index (κ2) is 9.18. The maximum atomic E-state index is 14.8. The quantitative estimate of drug-likeness (QED) is 0.655. The Bertz CT molecular complexity index is 1100. The van der Waals surface area contributed by atoms with Gasteiger partial charge in [-0.2, -0.15) is 0 Å². The zero-order valence-corrected chi connectivity index (χ0v) is 17.3. The highest BCUT2D eigenvalue weighted by atomic mass is 19.1. The molecule has 0 spiro atoms. The first kappa shape index (κ1) is 20.9. The summed E-state index contributed by atoms with van der Waals surface area (Å²) in [5, 5.41) is 2.70. The number of ether oxygens (including phenoxy) is 1. The zero-order chi connectivity index (χ0) is 21.8. The molecule has 0 saturated carbocycles. The fourth-order valence-corrected chi connectivity index (χ4v) is 3.63. The van der Waals surface area contributed by atoms with Crippen molar-refractivity contribution in [1.29, 1.82) is 0 Å². The Kier molecular flexibility index (Phi) is 6.18. The molecule has 0 atom stereocenters. The molecule has 4 rings (SSSR count). The minimum Gasteiger partial charge on any atom is -0.382 e. The monoisotopic (exact) mass is 421 g/mol. The first-order valence-electron chi connectivity index (χ1n) is 10.2. The number of nitrogens with one attached hydrogen (secondary N) is 1. The van der Waals surface area contributed by atoms with E-state index in [-0.39, 0.29) is 23.8 Å². The van der Waals surface area contributed by atoms with Crippen LogP contribution in [-0.4, -0.2) is 34.1 Å². The molecule has 2 aromatic heterocycles. The molecule has 160 valence electrons. The van der Waals surface area contributed by atoms with Crippen LogP contribution >= 0.6 is 0 Å². The van der Waals surface area contributed by atoms with Crippen molar-refractivity contribution in [3.05, 3.63) is 71.1 Å². The lowest BCUT2D eigenvalue weighted by molar-refractivity contribution is 0.0844. The number of carbonyl (C=O) groups excluding carboxylic acids is 1. The number of aromatic nitrogens is 3. The number of pyridine rings is 1. The maximum Gasteiger partial charge on any atom is 0.254 e. The molecule has 0 radical (unpaired) electrons. The Hall–Kier alpha value is -3.39. The predicted molar refractivity (Wildman–Crippen MR) is 115 cm³/mol. The van der Waals surface area contributed by atoms with Crippen LogP contribution < -0.4 is 11.1 Å². The second-order valence-electron chi connectivity index (χ2n) is 7.56. The van der Waals surface area contributed by atoms with Crippen molar-refractivity contribution in [3.63, 3.8) is 0 Å². The van der Waals surface area contributed by atoms with Crippen LogP contribution in [0.1, 0.15) is 46.2 Å². The van der Waals surface area contributed by atoms with Gasteiger partial charge in [-0.3, -0.25) is 9.78 Å². The first-order chi connectivity index (χ1) is 15.0. The van der Waals surface area contributed by atoms with E-state index in [4.69, 9.17) is 10.5 Å². The summed E-state index contributed by atoms with van der Waals surface area (Å²) in [5.41, 5.74) is 9.24. The molecule has 0 bridgehead atoms. The molecule has 1 aromatic carbocycles. The summed E-state index contributed by atoms with van der Waals surface area (Å²) in [6.07, 6.45) is 3.40. The third-order valence-electron chi connectivity index (χ3n) is 5.32. The number of nitrogen functional groups attached to an aromatic ring is 1. The minimum atomic E-state index is -0.648. The molecule has 3 aromatic rings. The van der Waals surface area contributed by atoms with Gasteiger partial charge in [-0.25, -0.2) is 14.4 Å². The zero-order valence-electron chi connectivity index (χ0n) is 17.3. The van der Waals surface area contributed by atoms with Crippen molar-refractivity contribution in [2.24, 2.45) is 0 Å². The summed E-state index contributed by atoms with van der Waals surface area (Å²) in [5.74, 6) is -0.698. The predicted octanol–water partition coefficient (Wildman–Crippen LogP) is 3.39. The first-order valence-corrected chi connectivity index (χ1v) is 10.2. The van der Waals surface area contributed by atoms with Gasteiger partial charge >= 0.3 is 0 Å². The summed E-state index contributed by atoms with van der Waals surface area (Å²) >= 11 is 0. The average Bonchev–Trinajstić information content (AvgIpc) is 2.78. The highest BCUT2D eigenvalue weighted by molar-refractivity contribution is 5.95. The molecule has 3 heterocycles. The highest BCUT2D eigenvalue weighted by Crippen LogP contribution is 2.30. The number of nitrogens with two attached hydrogens (primary N) is 1. The van der Waals surface area contributed by atoms with Crippen molar-refractivity contribution in [2.75, 3.05) is 18.9 Å². The number of nitrogens with zero attached hydrogens (tertiary/aromatic N) is 3. The number of halogens is 1. The van der Waals surface area contributed by atoms with E-state index in [1.807, 2.05) is 19.1 Å². The number of amides is 1. The summed E-state index contributed by atoms with van der Waals surface area (Å²) < 4.78 is 20.2. The minimum absolute atomic E-state index is 0.0523.